The molecule has 15 heavy (non-hydrogen) atoms. The van der Waals surface area contributed by atoms with E-state index in [-0.39, 0.29) is 5.63 Å². The van der Waals surface area contributed by atoms with Gasteiger partial charge in [0, 0.05) is 17.6 Å². The Labute approximate surface area is 91.9 Å². The lowest BCUT2D eigenvalue weighted by Crippen LogP contribution is -1.98. The molecule has 1 heterocycles. The van der Waals surface area contributed by atoms with Gasteiger partial charge in [0.25, 0.3) is 0 Å². The third kappa shape index (κ3) is 1.70. The Hall–Kier alpha value is -1.48. The van der Waals surface area contributed by atoms with Crippen LogP contribution in [0.3, 0.4) is 0 Å². The minimum absolute atomic E-state index is 0.367. The smallest absolute Gasteiger partial charge is 0.336 e. The minimum Gasteiger partial charge on any atom is -0.336 e. The maximum atomic E-state index is 11.5. The number of nitrogens with zero attached hydrogens (tertiary/aromatic N) is 1. The summed E-state index contributed by atoms with van der Waals surface area (Å²) in [5.74, 6) is 0. The number of rotatable bonds is 1. The first kappa shape index (κ1) is 10.1. The number of aryl methyl sites for hydroxylation is 2. The Morgan fingerprint density at radius 3 is 2.67 bits per heavy atom. The Balaban J connectivity index is 2.74. The third-order valence-corrected chi connectivity index (χ3v) is 2.56. The molecule has 2 rings (SSSR count). The van der Waals surface area contributed by atoms with Gasteiger partial charge in [-0.05, 0) is 18.6 Å². The van der Waals surface area contributed by atoms with Crippen LogP contribution in [-0.2, 0) is 7.05 Å². The van der Waals surface area contributed by atoms with Gasteiger partial charge in [-0.2, -0.15) is 0 Å². The van der Waals surface area contributed by atoms with E-state index in [0.29, 0.717) is 10.6 Å². The van der Waals surface area contributed by atoms with Crippen LogP contribution in [0.25, 0.3) is 11.1 Å². The first-order valence-electron chi connectivity index (χ1n) is 4.52. The number of hydrogen-bond acceptors (Lipinski definition) is 2. The van der Waals surface area contributed by atoms with Gasteiger partial charge in [-0.3, -0.25) is 0 Å². The zero-order chi connectivity index (χ0) is 11.0. The van der Waals surface area contributed by atoms with E-state index in [4.69, 9.17) is 16.1 Å². The fourth-order valence-electron chi connectivity index (χ4n) is 1.58. The lowest BCUT2D eigenvalue weighted by Gasteiger charge is -2.03. The Morgan fingerprint density at radius 1 is 1.40 bits per heavy atom. The molecule has 4 heteroatoms. The molecule has 0 radical (unpaired) electrons. The highest BCUT2D eigenvalue weighted by molar-refractivity contribution is 6.33. The molecule has 0 unspecified atom stereocenters. The van der Waals surface area contributed by atoms with Crippen LogP contribution in [0.1, 0.15) is 5.56 Å². The highest BCUT2D eigenvalue weighted by Gasteiger charge is 2.13. The zero-order valence-electron chi connectivity index (χ0n) is 8.45. The maximum Gasteiger partial charge on any atom is 0.365 e. The summed E-state index contributed by atoms with van der Waals surface area (Å²) < 4.78 is 6.26. The van der Waals surface area contributed by atoms with Crippen molar-refractivity contribution in [2.45, 2.75) is 6.92 Å². The summed E-state index contributed by atoms with van der Waals surface area (Å²) in [6.07, 6.45) is 1.64. The first-order valence-corrected chi connectivity index (χ1v) is 4.90. The summed E-state index contributed by atoms with van der Waals surface area (Å²) in [5, 5.41) is 0.563. The molecule has 0 amide bonds. The standard InChI is InChI=1S/C11H10ClNO2/c1-7-4-3-5-9(12)10(7)8-6-13(2)15-11(8)14/h3-6H,1-2H3. The van der Waals surface area contributed by atoms with E-state index in [1.54, 1.807) is 19.3 Å². The molecule has 0 atom stereocenters. The lowest BCUT2D eigenvalue weighted by molar-refractivity contribution is 0.286. The van der Waals surface area contributed by atoms with Crippen LogP contribution in [0.5, 0.6) is 0 Å². The Morgan fingerprint density at radius 2 is 2.13 bits per heavy atom. The summed E-state index contributed by atoms with van der Waals surface area (Å²) in [4.78, 5) is 11.5. The van der Waals surface area contributed by atoms with Gasteiger partial charge in [0.1, 0.15) is 0 Å². The summed E-state index contributed by atoms with van der Waals surface area (Å²) in [6, 6.07) is 5.52. The molecule has 0 aliphatic carbocycles. The third-order valence-electron chi connectivity index (χ3n) is 2.25. The fraction of sp³-hybridized carbons (Fsp3) is 0.182. The highest BCUT2D eigenvalue weighted by atomic mass is 35.5. The van der Waals surface area contributed by atoms with Gasteiger partial charge in [-0.15, -0.1) is 0 Å². The first-order chi connectivity index (χ1) is 7.09. The molecule has 1 aromatic carbocycles. The van der Waals surface area contributed by atoms with Crippen LogP contribution in [0.4, 0.5) is 0 Å². The topological polar surface area (TPSA) is 35.1 Å². The molecule has 0 bridgehead atoms. The van der Waals surface area contributed by atoms with Crippen molar-refractivity contribution >= 4 is 11.6 Å². The minimum atomic E-state index is -0.367. The van der Waals surface area contributed by atoms with Crippen LogP contribution in [-0.4, -0.2) is 4.74 Å². The molecule has 78 valence electrons. The predicted molar refractivity (Wildman–Crippen MR) is 59.1 cm³/mol. The molecule has 1 aromatic heterocycles. The van der Waals surface area contributed by atoms with Crippen molar-refractivity contribution < 1.29 is 4.52 Å². The van der Waals surface area contributed by atoms with E-state index in [2.05, 4.69) is 0 Å². The van der Waals surface area contributed by atoms with Gasteiger partial charge in [0.15, 0.2) is 0 Å². The molecule has 0 spiro atoms. The van der Waals surface area contributed by atoms with Gasteiger partial charge in [-0.25, -0.2) is 9.53 Å². The average molecular weight is 224 g/mol. The Kier molecular flexibility index (Phi) is 2.40. The summed E-state index contributed by atoms with van der Waals surface area (Å²) in [6.45, 7) is 1.91. The number of halogens is 1. The Bertz CT molecular complexity index is 534. The fourth-order valence-corrected chi connectivity index (χ4v) is 1.90. The molecule has 0 saturated carbocycles. The number of aromatic nitrogens is 1. The van der Waals surface area contributed by atoms with Crippen LogP contribution in [0.15, 0.2) is 33.7 Å². The summed E-state index contributed by atoms with van der Waals surface area (Å²) >= 11 is 6.06. The maximum absolute atomic E-state index is 11.5. The zero-order valence-corrected chi connectivity index (χ0v) is 9.21. The highest BCUT2D eigenvalue weighted by Crippen LogP contribution is 2.28. The van der Waals surface area contributed by atoms with Gasteiger partial charge in [-0.1, -0.05) is 23.7 Å². The van der Waals surface area contributed by atoms with Gasteiger partial charge in [0.2, 0.25) is 0 Å². The second kappa shape index (κ2) is 3.59. The summed E-state index contributed by atoms with van der Waals surface area (Å²) in [7, 11) is 1.66. The van der Waals surface area contributed by atoms with E-state index in [1.165, 1.54) is 4.74 Å². The van der Waals surface area contributed by atoms with Crippen molar-refractivity contribution in [3.8, 4) is 11.1 Å². The number of hydrogen-bond donors (Lipinski definition) is 0. The lowest BCUT2D eigenvalue weighted by atomic mass is 10.0. The van der Waals surface area contributed by atoms with Gasteiger partial charge >= 0.3 is 5.63 Å². The van der Waals surface area contributed by atoms with E-state index in [1.807, 2.05) is 19.1 Å². The van der Waals surface area contributed by atoms with Crippen molar-refractivity contribution in [2.75, 3.05) is 0 Å². The SMILES string of the molecule is Cc1cccc(Cl)c1-c1cn(C)oc1=O. The summed E-state index contributed by atoms with van der Waals surface area (Å²) in [5.41, 5.74) is 1.84. The molecule has 0 saturated heterocycles. The van der Waals surface area contributed by atoms with Crippen molar-refractivity contribution in [3.05, 3.63) is 45.4 Å². The average Bonchev–Trinajstić information content (AvgIpc) is 2.45. The van der Waals surface area contributed by atoms with Crippen LogP contribution < -0.4 is 5.63 Å². The second-order valence-corrected chi connectivity index (χ2v) is 3.81. The molecule has 0 N–H and O–H groups in total. The van der Waals surface area contributed by atoms with Gasteiger partial charge in [0.05, 0.1) is 11.8 Å². The molecule has 0 aliphatic rings. The van der Waals surface area contributed by atoms with Crippen LogP contribution >= 0.6 is 11.6 Å². The second-order valence-electron chi connectivity index (χ2n) is 3.40. The number of benzene rings is 1. The monoisotopic (exact) mass is 223 g/mol. The molecule has 0 aliphatic heterocycles. The van der Waals surface area contributed by atoms with E-state index in [0.717, 1.165) is 11.1 Å². The van der Waals surface area contributed by atoms with E-state index < -0.39 is 0 Å². The van der Waals surface area contributed by atoms with E-state index in [9.17, 15) is 4.79 Å². The normalized spacial score (nSPS) is 10.6. The quantitative estimate of drug-likeness (QED) is 0.745. The molecule has 0 fully saturated rings. The molecular weight excluding hydrogens is 214 g/mol. The van der Waals surface area contributed by atoms with Gasteiger partial charge < -0.3 is 4.52 Å². The molecule has 3 nitrogen and oxygen atoms in total. The molecule has 2 aromatic rings. The largest absolute Gasteiger partial charge is 0.365 e. The van der Waals surface area contributed by atoms with Crippen molar-refractivity contribution in [2.24, 2.45) is 7.05 Å². The molecular formula is C11H10ClNO2. The van der Waals surface area contributed by atoms with Crippen molar-refractivity contribution in [1.29, 1.82) is 0 Å². The van der Waals surface area contributed by atoms with Crippen LogP contribution in [0.2, 0.25) is 5.02 Å². The van der Waals surface area contributed by atoms with Crippen molar-refractivity contribution in [1.82, 2.24) is 4.74 Å². The van der Waals surface area contributed by atoms with Crippen molar-refractivity contribution in [3.63, 3.8) is 0 Å². The van der Waals surface area contributed by atoms with Crippen LogP contribution in [0, 0.1) is 6.92 Å². The van der Waals surface area contributed by atoms with E-state index >= 15 is 0 Å². The predicted octanol–water partition coefficient (Wildman–Crippen LogP) is 2.61.